The van der Waals surface area contributed by atoms with E-state index in [1.807, 2.05) is 6.20 Å². The number of anilines is 2. The maximum absolute atomic E-state index is 12.6. The van der Waals surface area contributed by atoms with Crippen LogP contribution in [0.25, 0.3) is 21.0 Å². The number of benzene rings is 2. The van der Waals surface area contributed by atoms with E-state index in [1.54, 1.807) is 11.3 Å². The number of carbonyl (C=O) groups is 1. The zero-order valence-electron chi connectivity index (χ0n) is 19.2. The Bertz CT molecular complexity index is 1320. The first-order chi connectivity index (χ1) is 16.0. The lowest BCUT2D eigenvalue weighted by Crippen LogP contribution is -2.58. The second kappa shape index (κ2) is 8.17. The van der Waals surface area contributed by atoms with Gasteiger partial charge in [0, 0.05) is 46.5 Å². The third-order valence-electron chi connectivity index (χ3n) is 7.27. The molecule has 7 rings (SSSR count). The molecule has 2 saturated heterocycles. The van der Waals surface area contributed by atoms with E-state index in [0.29, 0.717) is 30.3 Å². The number of ketones is 1. The number of nitrogens with zero attached hydrogens (tertiary/aromatic N) is 2. The summed E-state index contributed by atoms with van der Waals surface area (Å²) in [5.74, 6) is 1.37. The molecule has 3 fully saturated rings. The number of hydrogen-bond donors (Lipinski definition) is 2. The number of aromatic amines is 1. The third kappa shape index (κ3) is 3.90. The molecule has 0 amide bonds. The van der Waals surface area contributed by atoms with Gasteiger partial charge in [0.2, 0.25) is 0 Å². The van der Waals surface area contributed by atoms with E-state index < -0.39 is 0 Å². The van der Waals surface area contributed by atoms with E-state index in [0.717, 1.165) is 22.3 Å². The van der Waals surface area contributed by atoms with Gasteiger partial charge < -0.3 is 10.2 Å². The fourth-order valence-corrected chi connectivity index (χ4v) is 6.74. The van der Waals surface area contributed by atoms with Crippen molar-refractivity contribution in [2.45, 2.75) is 51.6 Å². The predicted octanol–water partition coefficient (Wildman–Crippen LogP) is 6.48. The number of fused-ring (bicyclic) bond motifs is 5. The predicted molar refractivity (Wildman–Crippen MR) is 138 cm³/mol. The van der Waals surface area contributed by atoms with Crippen LogP contribution in [0.3, 0.4) is 0 Å². The first-order valence-electron chi connectivity index (χ1n) is 12.1. The molecule has 1 saturated carbocycles. The van der Waals surface area contributed by atoms with Crippen LogP contribution in [0.4, 0.5) is 11.4 Å². The summed E-state index contributed by atoms with van der Waals surface area (Å²) in [5.41, 5.74) is 3.53. The molecule has 1 aliphatic carbocycles. The molecule has 4 heterocycles. The van der Waals surface area contributed by atoms with Gasteiger partial charge in [0.15, 0.2) is 5.78 Å². The minimum absolute atomic E-state index is 0.267. The molecule has 5 nitrogen and oxygen atoms in total. The third-order valence-corrected chi connectivity index (χ3v) is 8.41. The van der Waals surface area contributed by atoms with Crippen molar-refractivity contribution in [3.63, 3.8) is 0 Å². The quantitative estimate of drug-likeness (QED) is 0.325. The molecule has 2 aromatic heterocycles. The minimum atomic E-state index is 0.267. The van der Waals surface area contributed by atoms with Crippen LogP contribution < -0.4 is 10.2 Å². The van der Waals surface area contributed by atoms with Crippen LogP contribution in [0, 0.1) is 11.8 Å². The molecular formula is C27H30N4OS. The Hall–Kier alpha value is -2.86. The number of hydrogen-bond acceptors (Lipinski definition) is 5. The van der Waals surface area contributed by atoms with Gasteiger partial charge in [-0.15, -0.1) is 11.3 Å². The van der Waals surface area contributed by atoms with E-state index in [-0.39, 0.29) is 5.78 Å². The van der Waals surface area contributed by atoms with Crippen LogP contribution in [0.1, 0.15) is 49.2 Å². The molecular weight excluding hydrogens is 428 g/mol. The molecule has 170 valence electrons. The number of piperidine rings is 2. The first-order valence-corrected chi connectivity index (χ1v) is 12.9. The van der Waals surface area contributed by atoms with Crippen molar-refractivity contribution >= 4 is 49.5 Å². The number of thiophene rings is 1. The average Bonchev–Trinajstić information content (AvgIpc) is 3.45. The monoisotopic (exact) mass is 458 g/mol. The normalized spacial score (nSPS) is 22.5. The highest BCUT2D eigenvalue weighted by Crippen LogP contribution is 2.41. The molecule has 2 N–H and O–H groups in total. The fraction of sp³-hybridized carbons (Fsp3) is 0.407. The van der Waals surface area contributed by atoms with Gasteiger partial charge in [-0.25, -0.2) is 0 Å². The average molecular weight is 459 g/mol. The summed E-state index contributed by atoms with van der Waals surface area (Å²) in [7, 11) is 0. The molecule has 2 bridgehead atoms. The van der Waals surface area contributed by atoms with Crippen LogP contribution in [-0.4, -0.2) is 34.6 Å². The molecule has 3 unspecified atom stereocenters. The summed E-state index contributed by atoms with van der Waals surface area (Å²) in [6.45, 7) is 5.33. The number of aromatic nitrogens is 2. The van der Waals surface area contributed by atoms with Crippen molar-refractivity contribution in [2.75, 3.05) is 16.8 Å². The largest absolute Gasteiger partial charge is 0.380 e. The van der Waals surface area contributed by atoms with Gasteiger partial charge in [0.05, 0.1) is 16.6 Å². The number of carbonyl (C=O) groups excluding carboxylic acids is 1. The van der Waals surface area contributed by atoms with Crippen LogP contribution >= 0.6 is 11.3 Å². The van der Waals surface area contributed by atoms with Gasteiger partial charge >= 0.3 is 0 Å². The first kappa shape index (κ1) is 20.7. The van der Waals surface area contributed by atoms with Gasteiger partial charge in [0.25, 0.3) is 0 Å². The van der Waals surface area contributed by atoms with Crippen molar-refractivity contribution < 1.29 is 4.79 Å². The van der Waals surface area contributed by atoms with Crippen molar-refractivity contribution in [1.82, 2.24) is 10.2 Å². The lowest BCUT2D eigenvalue weighted by atomic mass is 9.76. The van der Waals surface area contributed by atoms with Crippen LogP contribution in [0.15, 0.2) is 48.7 Å². The Morgan fingerprint density at radius 2 is 2.09 bits per heavy atom. The summed E-state index contributed by atoms with van der Waals surface area (Å²) in [6.07, 6.45) is 6.26. The van der Waals surface area contributed by atoms with E-state index in [2.05, 4.69) is 76.7 Å². The summed E-state index contributed by atoms with van der Waals surface area (Å²) in [4.78, 5) is 16.1. The topological polar surface area (TPSA) is 61.0 Å². The van der Waals surface area contributed by atoms with Crippen molar-refractivity contribution in [1.29, 1.82) is 0 Å². The lowest BCUT2D eigenvalue weighted by molar-refractivity contribution is 0.0972. The van der Waals surface area contributed by atoms with E-state index in [1.165, 1.54) is 40.7 Å². The van der Waals surface area contributed by atoms with Gasteiger partial charge in [-0.1, -0.05) is 19.9 Å². The standard InChI is InChI=1S/C27H30N4OS/c1-16(2)9-25(32)27-12-18-4-6-21(13-26(18)33-27)31-15-17-3-8-24(31)23(10-17)29-20-5-7-22-19(11-20)14-28-30-22/h4-7,11-14,16-17,23-24,29H,3,8-10,15H2,1-2H3,(H,28,30). The van der Waals surface area contributed by atoms with Gasteiger partial charge in [-0.2, -0.15) is 5.10 Å². The molecule has 4 aromatic rings. The number of H-pyrrole nitrogens is 1. The highest BCUT2D eigenvalue weighted by Gasteiger charge is 2.41. The highest BCUT2D eigenvalue weighted by molar-refractivity contribution is 7.20. The second-order valence-electron chi connectivity index (χ2n) is 10.2. The minimum Gasteiger partial charge on any atom is -0.380 e. The molecule has 2 aliphatic heterocycles. The summed E-state index contributed by atoms with van der Waals surface area (Å²) in [5, 5.41) is 13.3. The number of Topliss-reactive ketones (excluding diaryl/α,β-unsaturated/α-hetero) is 1. The van der Waals surface area contributed by atoms with E-state index in [9.17, 15) is 4.79 Å². The van der Waals surface area contributed by atoms with Crippen LogP contribution in [0.2, 0.25) is 0 Å². The zero-order chi connectivity index (χ0) is 22.5. The Morgan fingerprint density at radius 1 is 1.18 bits per heavy atom. The van der Waals surface area contributed by atoms with E-state index in [4.69, 9.17) is 0 Å². The van der Waals surface area contributed by atoms with Crippen LogP contribution in [-0.2, 0) is 0 Å². The van der Waals surface area contributed by atoms with Crippen LogP contribution in [0.5, 0.6) is 0 Å². The number of rotatable bonds is 6. The Kier molecular flexibility index (Phi) is 5.13. The smallest absolute Gasteiger partial charge is 0.173 e. The van der Waals surface area contributed by atoms with Crippen molar-refractivity contribution in [3.8, 4) is 0 Å². The number of nitrogens with one attached hydrogen (secondary N) is 2. The summed E-state index contributed by atoms with van der Waals surface area (Å²) < 4.78 is 1.22. The molecule has 6 heteroatoms. The fourth-order valence-electron chi connectivity index (χ4n) is 5.70. The molecule has 2 aromatic carbocycles. The Labute approximate surface area is 198 Å². The summed E-state index contributed by atoms with van der Waals surface area (Å²) >= 11 is 1.65. The lowest BCUT2D eigenvalue weighted by Gasteiger charge is -2.51. The van der Waals surface area contributed by atoms with Crippen molar-refractivity contribution in [2.24, 2.45) is 11.8 Å². The van der Waals surface area contributed by atoms with Crippen molar-refractivity contribution in [3.05, 3.63) is 53.5 Å². The Balaban J connectivity index is 1.25. The zero-order valence-corrected chi connectivity index (χ0v) is 20.0. The maximum Gasteiger partial charge on any atom is 0.173 e. The molecule has 3 atom stereocenters. The van der Waals surface area contributed by atoms with Gasteiger partial charge in [-0.05, 0) is 72.9 Å². The van der Waals surface area contributed by atoms with E-state index >= 15 is 0 Å². The van der Waals surface area contributed by atoms with Gasteiger partial charge in [-0.3, -0.25) is 9.89 Å². The highest BCUT2D eigenvalue weighted by atomic mass is 32.1. The maximum atomic E-state index is 12.6. The molecule has 0 spiro atoms. The second-order valence-corrected chi connectivity index (χ2v) is 11.3. The Morgan fingerprint density at radius 3 is 2.94 bits per heavy atom. The molecule has 33 heavy (non-hydrogen) atoms. The molecule has 0 radical (unpaired) electrons. The SMILES string of the molecule is CC(C)CC(=O)c1cc2ccc(N3CC4CCC3C(Nc3ccc5[nH]ncc5c3)C4)cc2s1. The summed E-state index contributed by atoms with van der Waals surface area (Å²) in [6, 6.07) is 16.2. The molecule has 3 aliphatic rings. The van der Waals surface area contributed by atoms with Gasteiger partial charge in [0.1, 0.15) is 0 Å².